The standard InChI is InChI=1S/C10H17NO2/c1-7(2)10(13)11-5-4-9(12)8(3)6-11/h7-8H,4-6H2,1-3H3. The second-order valence-corrected chi connectivity index (χ2v) is 4.06. The Morgan fingerprint density at radius 1 is 1.54 bits per heavy atom. The van der Waals surface area contributed by atoms with E-state index in [-0.39, 0.29) is 23.5 Å². The van der Waals surface area contributed by atoms with Crippen molar-refractivity contribution in [2.75, 3.05) is 13.1 Å². The topological polar surface area (TPSA) is 37.4 Å². The number of carbonyl (C=O) groups is 2. The van der Waals surface area contributed by atoms with Crippen molar-refractivity contribution < 1.29 is 9.59 Å². The van der Waals surface area contributed by atoms with Gasteiger partial charge >= 0.3 is 0 Å². The molecule has 1 heterocycles. The molecule has 1 aliphatic heterocycles. The number of nitrogens with zero attached hydrogens (tertiary/aromatic N) is 1. The first-order chi connectivity index (χ1) is 6.02. The molecule has 0 aromatic carbocycles. The summed E-state index contributed by atoms with van der Waals surface area (Å²) in [6.07, 6.45) is 0.527. The summed E-state index contributed by atoms with van der Waals surface area (Å²) in [6, 6.07) is 0. The largest absolute Gasteiger partial charge is 0.341 e. The van der Waals surface area contributed by atoms with E-state index in [1.165, 1.54) is 0 Å². The average molecular weight is 183 g/mol. The molecule has 1 atom stereocenters. The summed E-state index contributed by atoms with van der Waals surface area (Å²) >= 11 is 0. The molecule has 0 saturated carbocycles. The van der Waals surface area contributed by atoms with E-state index in [0.29, 0.717) is 19.5 Å². The van der Waals surface area contributed by atoms with Gasteiger partial charge in [-0.25, -0.2) is 0 Å². The first kappa shape index (κ1) is 10.2. The molecular formula is C10H17NO2. The number of carbonyl (C=O) groups excluding carboxylic acids is 2. The van der Waals surface area contributed by atoms with Crippen LogP contribution in [0.15, 0.2) is 0 Å². The van der Waals surface area contributed by atoms with Gasteiger partial charge in [0.05, 0.1) is 0 Å². The Morgan fingerprint density at radius 2 is 2.15 bits per heavy atom. The number of hydrogen-bond acceptors (Lipinski definition) is 2. The fraction of sp³-hybridized carbons (Fsp3) is 0.800. The van der Waals surface area contributed by atoms with Crippen molar-refractivity contribution >= 4 is 11.7 Å². The lowest BCUT2D eigenvalue weighted by Gasteiger charge is -2.31. The van der Waals surface area contributed by atoms with Gasteiger partial charge in [-0.05, 0) is 0 Å². The van der Waals surface area contributed by atoms with Crippen molar-refractivity contribution in [3.8, 4) is 0 Å². The van der Waals surface area contributed by atoms with Crippen molar-refractivity contribution in [1.29, 1.82) is 0 Å². The molecule has 0 spiro atoms. The maximum Gasteiger partial charge on any atom is 0.225 e. The molecule has 0 bridgehead atoms. The molecular weight excluding hydrogens is 166 g/mol. The maximum atomic E-state index is 11.6. The third kappa shape index (κ3) is 2.29. The van der Waals surface area contributed by atoms with Crippen molar-refractivity contribution in [3.05, 3.63) is 0 Å². The van der Waals surface area contributed by atoms with Crippen LogP contribution >= 0.6 is 0 Å². The number of Topliss-reactive ketones (excluding diaryl/α,β-unsaturated/α-hetero) is 1. The van der Waals surface area contributed by atoms with E-state index in [4.69, 9.17) is 0 Å². The molecule has 3 nitrogen and oxygen atoms in total. The first-order valence-electron chi connectivity index (χ1n) is 4.84. The molecule has 74 valence electrons. The fourth-order valence-corrected chi connectivity index (χ4v) is 1.58. The summed E-state index contributed by atoms with van der Waals surface area (Å²) in [5, 5.41) is 0. The number of likely N-dealkylation sites (tertiary alicyclic amines) is 1. The molecule has 1 saturated heterocycles. The highest BCUT2D eigenvalue weighted by atomic mass is 16.2. The SMILES string of the molecule is CC(C)C(=O)N1CCC(=O)C(C)C1. The monoisotopic (exact) mass is 183 g/mol. The zero-order valence-electron chi connectivity index (χ0n) is 8.54. The molecule has 1 amide bonds. The maximum absolute atomic E-state index is 11.6. The van der Waals surface area contributed by atoms with Gasteiger partial charge in [-0.3, -0.25) is 9.59 Å². The van der Waals surface area contributed by atoms with Crippen LogP contribution < -0.4 is 0 Å². The lowest BCUT2D eigenvalue weighted by molar-refractivity contribution is -0.139. The quantitative estimate of drug-likeness (QED) is 0.610. The second kappa shape index (κ2) is 3.90. The molecule has 1 rings (SSSR count). The predicted octanol–water partition coefficient (Wildman–Crippen LogP) is 1.08. The van der Waals surface area contributed by atoms with Gasteiger partial charge < -0.3 is 4.90 Å². The summed E-state index contributed by atoms with van der Waals surface area (Å²) in [4.78, 5) is 24.6. The summed E-state index contributed by atoms with van der Waals surface area (Å²) in [6.45, 7) is 6.89. The summed E-state index contributed by atoms with van der Waals surface area (Å²) in [7, 11) is 0. The molecule has 0 radical (unpaired) electrons. The van der Waals surface area contributed by atoms with E-state index >= 15 is 0 Å². The molecule has 0 aliphatic carbocycles. The Labute approximate surface area is 79.1 Å². The third-order valence-electron chi connectivity index (χ3n) is 2.48. The van der Waals surface area contributed by atoms with Crippen LogP contribution in [0.2, 0.25) is 0 Å². The Kier molecular flexibility index (Phi) is 3.07. The lowest BCUT2D eigenvalue weighted by atomic mass is 9.97. The van der Waals surface area contributed by atoms with Crippen molar-refractivity contribution in [1.82, 2.24) is 4.90 Å². The van der Waals surface area contributed by atoms with Gasteiger partial charge in [0, 0.05) is 31.3 Å². The van der Waals surface area contributed by atoms with Gasteiger partial charge in [0.15, 0.2) is 0 Å². The number of amides is 1. The van der Waals surface area contributed by atoms with E-state index in [0.717, 1.165) is 0 Å². The molecule has 0 aromatic rings. The van der Waals surface area contributed by atoms with Crippen LogP contribution in [0, 0.1) is 11.8 Å². The van der Waals surface area contributed by atoms with Crippen LogP contribution in [0.1, 0.15) is 27.2 Å². The van der Waals surface area contributed by atoms with Gasteiger partial charge in [-0.2, -0.15) is 0 Å². The van der Waals surface area contributed by atoms with E-state index < -0.39 is 0 Å². The molecule has 0 aromatic heterocycles. The lowest BCUT2D eigenvalue weighted by Crippen LogP contribution is -2.44. The Balaban J connectivity index is 2.55. The second-order valence-electron chi connectivity index (χ2n) is 4.06. The molecule has 13 heavy (non-hydrogen) atoms. The highest BCUT2D eigenvalue weighted by Gasteiger charge is 2.27. The average Bonchev–Trinajstić information content (AvgIpc) is 2.08. The molecule has 1 aliphatic rings. The van der Waals surface area contributed by atoms with Gasteiger partial charge in [-0.15, -0.1) is 0 Å². The minimum Gasteiger partial charge on any atom is -0.341 e. The Hall–Kier alpha value is -0.860. The van der Waals surface area contributed by atoms with Crippen LogP contribution in [-0.4, -0.2) is 29.7 Å². The summed E-state index contributed by atoms with van der Waals surface area (Å²) in [5.74, 6) is 0.518. The van der Waals surface area contributed by atoms with Gasteiger partial charge in [0.25, 0.3) is 0 Å². The minimum atomic E-state index is 0.0245. The number of ketones is 1. The van der Waals surface area contributed by atoms with Crippen LogP contribution in [-0.2, 0) is 9.59 Å². The van der Waals surface area contributed by atoms with Gasteiger partial charge in [-0.1, -0.05) is 20.8 Å². The fourth-order valence-electron chi connectivity index (χ4n) is 1.58. The normalized spacial score (nSPS) is 23.8. The molecule has 1 unspecified atom stereocenters. The van der Waals surface area contributed by atoms with Crippen LogP contribution in [0.4, 0.5) is 0 Å². The zero-order valence-corrected chi connectivity index (χ0v) is 8.54. The van der Waals surface area contributed by atoms with Crippen molar-refractivity contribution in [2.24, 2.45) is 11.8 Å². The van der Waals surface area contributed by atoms with Crippen LogP contribution in [0.3, 0.4) is 0 Å². The summed E-state index contributed by atoms with van der Waals surface area (Å²) in [5.41, 5.74) is 0. The van der Waals surface area contributed by atoms with E-state index in [1.54, 1.807) is 4.90 Å². The summed E-state index contributed by atoms with van der Waals surface area (Å²) < 4.78 is 0. The first-order valence-corrected chi connectivity index (χ1v) is 4.84. The van der Waals surface area contributed by atoms with Crippen molar-refractivity contribution in [2.45, 2.75) is 27.2 Å². The highest BCUT2D eigenvalue weighted by Crippen LogP contribution is 2.14. The van der Waals surface area contributed by atoms with E-state index in [2.05, 4.69) is 0 Å². The number of rotatable bonds is 1. The molecule has 1 fully saturated rings. The molecule has 3 heteroatoms. The van der Waals surface area contributed by atoms with Crippen LogP contribution in [0.25, 0.3) is 0 Å². The molecule has 0 N–H and O–H groups in total. The number of piperidine rings is 1. The minimum absolute atomic E-state index is 0.0245. The van der Waals surface area contributed by atoms with Crippen molar-refractivity contribution in [3.63, 3.8) is 0 Å². The Morgan fingerprint density at radius 3 is 2.62 bits per heavy atom. The van der Waals surface area contributed by atoms with Gasteiger partial charge in [0.1, 0.15) is 5.78 Å². The van der Waals surface area contributed by atoms with Gasteiger partial charge in [0.2, 0.25) is 5.91 Å². The van der Waals surface area contributed by atoms with E-state index in [1.807, 2.05) is 20.8 Å². The zero-order chi connectivity index (χ0) is 10.0. The predicted molar refractivity (Wildman–Crippen MR) is 50.2 cm³/mol. The number of hydrogen-bond donors (Lipinski definition) is 0. The van der Waals surface area contributed by atoms with Crippen LogP contribution in [0.5, 0.6) is 0 Å². The third-order valence-corrected chi connectivity index (χ3v) is 2.48. The Bertz CT molecular complexity index is 223. The highest BCUT2D eigenvalue weighted by molar-refractivity contribution is 5.85. The smallest absolute Gasteiger partial charge is 0.225 e. The van der Waals surface area contributed by atoms with E-state index in [9.17, 15) is 9.59 Å².